The SMILES string of the molecule is C=Cn1cc(CNCC2CC=CCC2)cn1. The molecule has 1 aromatic heterocycles. The van der Waals surface area contributed by atoms with Crippen LogP contribution in [0.4, 0.5) is 0 Å². The van der Waals surface area contributed by atoms with Crippen molar-refractivity contribution in [1.82, 2.24) is 15.1 Å². The zero-order valence-corrected chi connectivity index (χ0v) is 9.60. The lowest BCUT2D eigenvalue weighted by atomic mass is 9.94. The minimum Gasteiger partial charge on any atom is -0.312 e. The largest absolute Gasteiger partial charge is 0.312 e. The summed E-state index contributed by atoms with van der Waals surface area (Å²) in [5.41, 5.74) is 1.21. The molecule has 1 aromatic rings. The molecule has 1 aliphatic carbocycles. The topological polar surface area (TPSA) is 29.9 Å². The van der Waals surface area contributed by atoms with E-state index in [1.807, 2.05) is 12.4 Å². The van der Waals surface area contributed by atoms with Crippen LogP contribution in [0.5, 0.6) is 0 Å². The molecule has 3 nitrogen and oxygen atoms in total. The molecular weight excluding hydrogens is 198 g/mol. The molecule has 0 radical (unpaired) electrons. The van der Waals surface area contributed by atoms with Crippen molar-refractivity contribution in [2.75, 3.05) is 6.54 Å². The molecule has 1 N–H and O–H groups in total. The standard InChI is InChI=1S/C13H19N3/c1-2-16-11-13(10-15-16)9-14-8-12-6-4-3-5-7-12/h2-4,10-12,14H,1,5-9H2. The normalized spacial score (nSPS) is 19.9. The molecule has 0 aromatic carbocycles. The van der Waals surface area contributed by atoms with Gasteiger partial charge in [0.25, 0.3) is 0 Å². The van der Waals surface area contributed by atoms with Crippen LogP contribution >= 0.6 is 0 Å². The molecule has 0 fully saturated rings. The summed E-state index contributed by atoms with van der Waals surface area (Å²) in [7, 11) is 0. The quantitative estimate of drug-likeness (QED) is 0.768. The van der Waals surface area contributed by atoms with Crippen molar-refractivity contribution in [1.29, 1.82) is 0 Å². The summed E-state index contributed by atoms with van der Waals surface area (Å²) >= 11 is 0. The van der Waals surface area contributed by atoms with Crippen molar-refractivity contribution < 1.29 is 0 Å². The average molecular weight is 217 g/mol. The van der Waals surface area contributed by atoms with Crippen LogP contribution in [0.2, 0.25) is 0 Å². The summed E-state index contributed by atoms with van der Waals surface area (Å²) in [4.78, 5) is 0. The van der Waals surface area contributed by atoms with Gasteiger partial charge in [-0.25, -0.2) is 4.68 Å². The number of nitrogens with one attached hydrogen (secondary N) is 1. The van der Waals surface area contributed by atoms with Crippen molar-refractivity contribution >= 4 is 6.20 Å². The second-order valence-electron chi connectivity index (χ2n) is 4.29. The number of hydrogen-bond donors (Lipinski definition) is 1. The highest BCUT2D eigenvalue weighted by Crippen LogP contribution is 2.16. The van der Waals surface area contributed by atoms with Crippen molar-refractivity contribution in [2.45, 2.75) is 25.8 Å². The molecule has 86 valence electrons. The Morgan fingerprint density at radius 3 is 3.19 bits per heavy atom. The monoisotopic (exact) mass is 217 g/mol. The number of nitrogens with zero attached hydrogens (tertiary/aromatic N) is 2. The summed E-state index contributed by atoms with van der Waals surface area (Å²) in [6, 6.07) is 0. The van der Waals surface area contributed by atoms with E-state index in [4.69, 9.17) is 0 Å². The van der Waals surface area contributed by atoms with Crippen molar-refractivity contribution in [2.24, 2.45) is 5.92 Å². The first kappa shape index (κ1) is 11.1. The lowest BCUT2D eigenvalue weighted by Gasteiger charge is -2.17. The fraction of sp³-hybridized carbons (Fsp3) is 0.462. The molecule has 2 rings (SSSR count). The van der Waals surface area contributed by atoms with Crippen LogP contribution < -0.4 is 5.32 Å². The lowest BCUT2D eigenvalue weighted by molar-refractivity contribution is 0.440. The first-order valence-electron chi connectivity index (χ1n) is 5.90. The van der Waals surface area contributed by atoms with Crippen LogP contribution in [0.1, 0.15) is 24.8 Å². The minimum atomic E-state index is 0.805. The number of aromatic nitrogens is 2. The molecule has 0 aliphatic heterocycles. The number of allylic oxidation sites excluding steroid dienone is 2. The van der Waals surface area contributed by atoms with Gasteiger partial charge >= 0.3 is 0 Å². The van der Waals surface area contributed by atoms with Gasteiger partial charge in [-0.1, -0.05) is 18.7 Å². The van der Waals surface area contributed by atoms with Crippen molar-refractivity contribution in [3.63, 3.8) is 0 Å². The molecule has 1 aliphatic rings. The Bertz CT molecular complexity index is 365. The summed E-state index contributed by atoms with van der Waals surface area (Å²) < 4.78 is 1.74. The fourth-order valence-corrected chi connectivity index (χ4v) is 2.03. The van der Waals surface area contributed by atoms with E-state index in [2.05, 4.69) is 29.1 Å². The third-order valence-electron chi connectivity index (χ3n) is 2.98. The minimum absolute atomic E-state index is 0.805. The van der Waals surface area contributed by atoms with Crippen LogP contribution in [-0.4, -0.2) is 16.3 Å². The van der Waals surface area contributed by atoms with E-state index in [9.17, 15) is 0 Å². The number of rotatable bonds is 5. The second kappa shape index (κ2) is 5.66. The summed E-state index contributed by atoms with van der Waals surface area (Å²) in [5, 5.41) is 7.63. The van der Waals surface area contributed by atoms with Crippen LogP contribution in [0.25, 0.3) is 6.20 Å². The van der Waals surface area contributed by atoms with Gasteiger partial charge in [0.05, 0.1) is 6.20 Å². The molecule has 1 unspecified atom stereocenters. The van der Waals surface area contributed by atoms with Crippen LogP contribution in [0.3, 0.4) is 0 Å². The molecule has 0 saturated heterocycles. The first-order chi connectivity index (χ1) is 7.88. The van der Waals surface area contributed by atoms with E-state index in [1.165, 1.54) is 24.8 Å². The van der Waals surface area contributed by atoms with E-state index < -0.39 is 0 Å². The maximum atomic E-state index is 4.15. The molecule has 0 saturated carbocycles. The first-order valence-corrected chi connectivity index (χ1v) is 5.90. The average Bonchev–Trinajstić information content (AvgIpc) is 2.78. The smallest absolute Gasteiger partial charge is 0.0538 e. The van der Waals surface area contributed by atoms with Crippen LogP contribution in [0, 0.1) is 5.92 Å². The van der Waals surface area contributed by atoms with Gasteiger partial charge in [0.2, 0.25) is 0 Å². The third-order valence-corrected chi connectivity index (χ3v) is 2.98. The Labute approximate surface area is 96.9 Å². The van der Waals surface area contributed by atoms with Gasteiger partial charge in [-0.3, -0.25) is 0 Å². The van der Waals surface area contributed by atoms with Crippen LogP contribution in [-0.2, 0) is 6.54 Å². The van der Waals surface area contributed by atoms with Crippen molar-refractivity contribution in [3.05, 3.63) is 36.7 Å². The van der Waals surface area contributed by atoms with E-state index in [0.29, 0.717) is 0 Å². The molecular formula is C13H19N3. The zero-order valence-electron chi connectivity index (χ0n) is 9.60. The lowest BCUT2D eigenvalue weighted by Crippen LogP contribution is -2.22. The highest BCUT2D eigenvalue weighted by Gasteiger charge is 2.08. The van der Waals surface area contributed by atoms with Gasteiger partial charge in [0.1, 0.15) is 0 Å². The van der Waals surface area contributed by atoms with E-state index in [-0.39, 0.29) is 0 Å². The highest BCUT2D eigenvalue weighted by molar-refractivity contribution is 5.17. The molecule has 0 amide bonds. The molecule has 1 heterocycles. The second-order valence-corrected chi connectivity index (χ2v) is 4.29. The Hall–Kier alpha value is -1.35. The predicted molar refractivity (Wildman–Crippen MR) is 66.8 cm³/mol. The van der Waals surface area contributed by atoms with Crippen LogP contribution in [0.15, 0.2) is 31.1 Å². The predicted octanol–water partition coefficient (Wildman–Crippen LogP) is 2.43. The van der Waals surface area contributed by atoms with Gasteiger partial charge in [-0.05, 0) is 31.7 Å². The third kappa shape index (κ3) is 3.07. The Kier molecular flexibility index (Phi) is 3.94. The van der Waals surface area contributed by atoms with Gasteiger partial charge in [0.15, 0.2) is 0 Å². The Morgan fingerprint density at radius 1 is 1.56 bits per heavy atom. The highest BCUT2D eigenvalue weighted by atomic mass is 15.2. The zero-order chi connectivity index (χ0) is 11.2. The van der Waals surface area contributed by atoms with Gasteiger partial charge in [-0.2, -0.15) is 5.10 Å². The fourth-order valence-electron chi connectivity index (χ4n) is 2.03. The Balaban J connectivity index is 1.71. The molecule has 1 atom stereocenters. The maximum absolute atomic E-state index is 4.15. The maximum Gasteiger partial charge on any atom is 0.0538 e. The van der Waals surface area contributed by atoms with E-state index in [1.54, 1.807) is 10.9 Å². The molecule has 0 spiro atoms. The van der Waals surface area contributed by atoms with Crippen molar-refractivity contribution in [3.8, 4) is 0 Å². The van der Waals surface area contributed by atoms with E-state index >= 15 is 0 Å². The summed E-state index contributed by atoms with van der Waals surface area (Å²) in [6.45, 7) is 5.67. The van der Waals surface area contributed by atoms with E-state index in [0.717, 1.165) is 19.0 Å². The number of hydrogen-bond acceptors (Lipinski definition) is 2. The summed E-state index contributed by atoms with van der Waals surface area (Å²) in [6.07, 6.45) is 13.9. The molecule has 0 bridgehead atoms. The van der Waals surface area contributed by atoms with Gasteiger partial charge < -0.3 is 5.32 Å². The molecule has 3 heteroatoms. The summed E-state index contributed by atoms with van der Waals surface area (Å²) in [5.74, 6) is 0.805. The Morgan fingerprint density at radius 2 is 2.50 bits per heavy atom. The molecule has 16 heavy (non-hydrogen) atoms. The van der Waals surface area contributed by atoms with Gasteiger partial charge in [0, 0.05) is 24.5 Å². The van der Waals surface area contributed by atoms with Gasteiger partial charge in [-0.15, -0.1) is 0 Å².